The summed E-state index contributed by atoms with van der Waals surface area (Å²) in [6, 6.07) is 28.0. The van der Waals surface area contributed by atoms with Gasteiger partial charge in [0.1, 0.15) is 11.6 Å². The summed E-state index contributed by atoms with van der Waals surface area (Å²) in [4.78, 5) is 5.24. The third-order valence-electron chi connectivity index (χ3n) is 7.77. The monoisotopic (exact) mass is 529 g/mol. The molecule has 5 rings (SSSR count). The molecule has 1 N–H and O–H groups in total. The average molecular weight is 530 g/mol. The van der Waals surface area contributed by atoms with Gasteiger partial charge in [-0.05, 0) is 43.4 Å². The van der Waals surface area contributed by atoms with Crippen LogP contribution in [0.3, 0.4) is 0 Å². The molecule has 1 aliphatic rings. The average Bonchev–Trinajstić information content (AvgIpc) is 3.57. The van der Waals surface area contributed by atoms with Crippen molar-refractivity contribution in [2.24, 2.45) is 0 Å². The Hall–Kier alpha value is -3.51. The predicted octanol–water partition coefficient (Wildman–Crippen LogP) is 8.26. The first kappa shape index (κ1) is 27.1. The van der Waals surface area contributed by atoms with Crippen molar-refractivity contribution in [1.29, 1.82) is 0 Å². The normalized spacial score (nSPS) is 14.7. The Labute approximate surface area is 230 Å². The maximum atomic E-state index is 12.6. The van der Waals surface area contributed by atoms with Crippen LogP contribution in [0, 0.1) is 0 Å². The number of ether oxygens (including phenoxy) is 1. The molecule has 0 saturated heterocycles. The number of halogens is 2. The van der Waals surface area contributed by atoms with Crippen LogP contribution in [0.4, 0.5) is 8.78 Å². The van der Waals surface area contributed by atoms with E-state index in [2.05, 4.69) is 70.1 Å². The first-order valence-electron chi connectivity index (χ1n) is 14.1. The molecule has 6 heteroatoms. The molecule has 0 unspecified atom stereocenters. The summed E-state index contributed by atoms with van der Waals surface area (Å²) in [6.45, 7) is 1.03. The van der Waals surface area contributed by atoms with Crippen molar-refractivity contribution in [2.75, 3.05) is 0 Å². The SMILES string of the molecule is CCCCn1c(-c2ccccc2)nc(-c2ccccc2)c1CNC1(Cc2ccc(OC(F)F)cc2)CCCC1. The molecule has 4 nitrogen and oxygen atoms in total. The van der Waals surface area contributed by atoms with Gasteiger partial charge in [-0.15, -0.1) is 0 Å². The van der Waals surface area contributed by atoms with E-state index in [0.717, 1.165) is 66.9 Å². The van der Waals surface area contributed by atoms with Crippen LogP contribution >= 0.6 is 0 Å². The Bertz CT molecular complexity index is 1310. The number of hydrogen-bond donors (Lipinski definition) is 1. The topological polar surface area (TPSA) is 39.1 Å². The fraction of sp³-hybridized carbons (Fsp3) is 0.364. The van der Waals surface area contributed by atoms with E-state index in [1.807, 2.05) is 24.3 Å². The van der Waals surface area contributed by atoms with Crippen LogP contribution in [0.5, 0.6) is 5.75 Å². The molecule has 204 valence electrons. The fourth-order valence-electron chi connectivity index (χ4n) is 5.78. The second-order valence-electron chi connectivity index (χ2n) is 10.5. The first-order chi connectivity index (χ1) is 19.1. The predicted molar refractivity (Wildman–Crippen MR) is 153 cm³/mol. The molecule has 39 heavy (non-hydrogen) atoms. The van der Waals surface area contributed by atoms with Crippen LogP contribution < -0.4 is 10.1 Å². The molecule has 1 fully saturated rings. The molecule has 0 bridgehead atoms. The summed E-state index contributed by atoms with van der Waals surface area (Å²) < 4.78 is 32.2. The number of alkyl halides is 2. The van der Waals surface area contributed by atoms with Gasteiger partial charge < -0.3 is 14.6 Å². The molecular formula is C33H37F2N3O. The highest BCUT2D eigenvalue weighted by Crippen LogP contribution is 2.35. The molecule has 1 aromatic heterocycles. The quantitative estimate of drug-likeness (QED) is 0.201. The van der Waals surface area contributed by atoms with E-state index in [9.17, 15) is 8.78 Å². The maximum absolute atomic E-state index is 12.6. The van der Waals surface area contributed by atoms with Crippen LogP contribution in [0.2, 0.25) is 0 Å². The number of aromatic nitrogens is 2. The van der Waals surface area contributed by atoms with E-state index in [1.165, 1.54) is 18.5 Å². The minimum Gasteiger partial charge on any atom is -0.435 e. The van der Waals surface area contributed by atoms with Crippen molar-refractivity contribution in [2.45, 2.75) is 77.1 Å². The Morgan fingerprint density at radius 2 is 1.54 bits per heavy atom. The number of imidazole rings is 1. The van der Waals surface area contributed by atoms with Crippen molar-refractivity contribution in [3.8, 4) is 28.4 Å². The smallest absolute Gasteiger partial charge is 0.387 e. The zero-order chi connectivity index (χ0) is 27.1. The highest BCUT2D eigenvalue weighted by molar-refractivity contribution is 5.68. The third kappa shape index (κ3) is 6.56. The van der Waals surface area contributed by atoms with E-state index in [4.69, 9.17) is 4.98 Å². The third-order valence-corrected chi connectivity index (χ3v) is 7.77. The van der Waals surface area contributed by atoms with Gasteiger partial charge in [-0.3, -0.25) is 0 Å². The number of nitrogens with zero attached hydrogens (tertiary/aromatic N) is 2. The van der Waals surface area contributed by atoms with Crippen molar-refractivity contribution < 1.29 is 13.5 Å². The lowest BCUT2D eigenvalue weighted by molar-refractivity contribution is -0.0498. The molecule has 0 amide bonds. The molecule has 0 aliphatic heterocycles. The molecule has 1 aliphatic carbocycles. The van der Waals surface area contributed by atoms with Gasteiger partial charge in [-0.1, -0.05) is 99.0 Å². The van der Waals surface area contributed by atoms with Crippen molar-refractivity contribution in [3.05, 3.63) is 96.2 Å². The molecule has 4 aromatic rings. The second kappa shape index (κ2) is 12.6. The maximum Gasteiger partial charge on any atom is 0.387 e. The molecule has 1 heterocycles. The van der Waals surface area contributed by atoms with Crippen LogP contribution in [-0.2, 0) is 19.5 Å². The number of rotatable bonds is 12. The molecular weight excluding hydrogens is 492 g/mol. The van der Waals surface area contributed by atoms with Crippen LogP contribution in [0.1, 0.15) is 56.7 Å². The zero-order valence-corrected chi connectivity index (χ0v) is 22.6. The summed E-state index contributed by atoms with van der Waals surface area (Å²) in [6.07, 6.45) is 7.54. The van der Waals surface area contributed by atoms with Gasteiger partial charge in [-0.2, -0.15) is 8.78 Å². The van der Waals surface area contributed by atoms with E-state index in [-0.39, 0.29) is 11.3 Å². The molecule has 0 atom stereocenters. The van der Waals surface area contributed by atoms with E-state index in [1.54, 1.807) is 12.1 Å². The van der Waals surface area contributed by atoms with Gasteiger partial charge in [0.2, 0.25) is 0 Å². The molecule has 1 saturated carbocycles. The number of unbranched alkanes of at least 4 members (excludes halogenated alkanes) is 1. The summed E-state index contributed by atoms with van der Waals surface area (Å²) in [5, 5.41) is 3.99. The largest absolute Gasteiger partial charge is 0.435 e. The Morgan fingerprint density at radius 3 is 2.15 bits per heavy atom. The van der Waals surface area contributed by atoms with E-state index < -0.39 is 6.61 Å². The summed E-state index contributed by atoms with van der Waals surface area (Å²) in [5.41, 5.74) is 5.56. The summed E-state index contributed by atoms with van der Waals surface area (Å²) in [7, 11) is 0. The first-order valence-corrected chi connectivity index (χ1v) is 14.1. The van der Waals surface area contributed by atoms with Gasteiger partial charge in [0.25, 0.3) is 0 Å². The summed E-state index contributed by atoms with van der Waals surface area (Å²) in [5.74, 6) is 1.21. The highest BCUT2D eigenvalue weighted by Gasteiger charge is 2.34. The van der Waals surface area contributed by atoms with Gasteiger partial charge >= 0.3 is 6.61 Å². The van der Waals surface area contributed by atoms with Crippen molar-refractivity contribution in [1.82, 2.24) is 14.9 Å². The Morgan fingerprint density at radius 1 is 0.897 bits per heavy atom. The van der Waals surface area contributed by atoms with Crippen molar-refractivity contribution in [3.63, 3.8) is 0 Å². The lowest BCUT2D eigenvalue weighted by Gasteiger charge is -2.31. The van der Waals surface area contributed by atoms with Crippen molar-refractivity contribution >= 4 is 0 Å². The van der Waals surface area contributed by atoms with Crippen LogP contribution in [0.15, 0.2) is 84.9 Å². The highest BCUT2D eigenvalue weighted by atomic mass is 19.3. The summed E-state index contributed by atoms with van der Waals surface area (Å²) >= 11 is 0. The minimum atomic E-state index is -2.81. The Kier molecular flexibility index (Phi) is 8.72. The number of benzene rings is 3. The van der Waals surface area contributed by atoms with Gasteiger partial charge in [0, 0.05) is 29.8 Å². The molecule has 0 radical (unpaired) electrons. The fourth-order valence-corrected chi connectivity index (χ4v) is 5.78. The van der Waals surface area contributed by atoms with E-state index >= 15 is 0 Å². The minimum absolute atomic E-state index is 0.0498. The molecule has 0 spiro atoms. The molecule has 3 aromatic carbocycles. The van der Waals surface area contributed by atoms with Gasteiger partial charge in [0.05, 0.1) is 11.4 Å². The second-order valence-corrected chi connectivity index (χ2v) is 10.5. The Balaban J connectivity index is 1.47. The van der Waals surface area contributed by atoms with Crippen LogP contribution in [-0.4, -0.2) is 21.7 Å². The number of hydrogen-bond acceptors (Lipinski definition) is 3. The lowest BCUT2D eigenvalue weighted by Crippen LogP contribution is -2.44. The zero-order valence-electron chi connectivity index (χ0n) is 22.6. The van der Waals surface area contributed by atoms with Gasteiger partial charge in [0.15, 0.2) is 0 Å². The van der Waals surface area contributed by atoms with Gasteiger partial charge in [-0.25, -0.2) is 4.98 Å². The van der Waals surface area contributed by atoms with Crippen LogP contribution in [0.25, 0.3) is 22.6 Å². The standard InChI is InChI=1S/C33H37F2N3O/c1-2-3-22-38-29(30(26-12-6-4-7-13-26)37-31(38)27-14-8-5-9-15-27)24-36-33(20-10-11-21-33)23-25-16-18-28(19-17-25)39-32(34)35/h4-9,12-19,32,36H,2-3,10-11,20-24H2,1H3. The number of nitrogens with one attached hydrogen (secondary N) is 1. The lowest BCUT2D eigenvalue weighted by atomic mass is 9.88. The van der Waals surface area contributed by atoms with E-state index in [0.29, 0.717) is 6.54 Å².